The molecule has 0 aliphatic carbocycles. The van der Waals surface area contributed by atoms with Crippen LogP contribution in [0.25, 0.3) is 0 Å². The van der Waals surface area contributed by atoms with Crippen molar-refractivity contribution in [3.63, 3.8) is 0 Å². The molecule has 0 unspecified atom stereocenters. The molecule has 5 heteroatoms. The minimum atomic E-state index is -0.379. The van der Waals surface area contributed by atoms with Crippen LogP contribution in [-0.4, -0.2) is 26.2 Å². The Labute approximate surface area is 119 Å². The lowest BCUT2D eigenvalue weighted by molar-refractivity contribution is -0.117. The number of hydrogen-bond donors (Lipinski definition) is 2. The van der Waals surface area contributed by atoms with Crippen LogP contribution in [0.5, 0.6) is 0 Å². The van der Waals surface area contributed by atoms with Crippen molar-refractivity contribution in [2.24, 2.45) is 0 Å². The largest absolute Gasteiger partial charge is 0.390 e. The molecule has 0 aromatic heterocycles. The lowest BCUT2D eigenvalue weighted by Crippen LogP contribution is -2.25. The monoisotopic (exact) mass is 273 g/mol. The van der Waals surface area contributed by atoms with Crippen molar-refractivity contribution in [3.05, 3.63) is 47.7 Å². The van der Waals surface area contributed by atoms with E-state index in [1.807, 2.05) is 36.4 Å². The summed E-state index contributed by atoms with van der Waals surface area (Å²) in [5.41, 5.74) is 1.06. The van der Waals surface area contributed by atoms with Gasteiger partial charge in [0.1, 0.15) is 11.6 Å². The van der Waals surface area contributed by atoms with Crippen molar-refractivity contribution in [2.45, 2.75) is 13.0 Å². The number of amides is 1. The van der Waals surface area contributed by atoms with Crippen LogP contribution in [0.2, 0.25) is 0 Å². The number of hydrogen-bond acceptors (Lipinski definition) is 4. The first-order valence-electron chi connectivity index (χ1n) is 6.42. The summed E-state index contributed by atoms with van der Waals surface area (Å²) in [6.07, 6.45) is 2.26. The Bertz CT molecular complexity index is 478. The van der Waals surface area contributed by atoms with E-state index in [2.05, 4.69) is 10.6 Å². The quantitative estimate of drug-likeness (QED) is 0.426. The number of rotatable bonds is 8. The van der Waals surface area contributed by atoms with Gasteiger partial charge in [-0.15, -0.1) is 0 Å². The highest BCUT2D eigenvalue weighted by Crippen LogP contribution is 1.98. The third kappa shape index (κ3) is 6.03. The number of carbonyl (C=O) groups is 1. The van der Waals surface area contributed by atoms with Gasteiger partial charge in [0, 0.05) is 33.0 Å². The van der Waals surface area contributed by atoms with E-state index in [-0.39, 0.29) is 11.5 Å². The molecule has 0 heterocycles. The second-order valence-corrected chi connectivity index (χ2v) is 4.14. The second kappa shape index (κ2) is 9.59. The fraction of sp³-hybridized carbons (Fsp3) is 0.333. The van der Waals surface area contributed by atoms with Gasteiger partial charge < -0.3 is 15.4 Å². The Morgan fingerprint density at radius 3 is 2.80 bits per heavy atom. The first-order chi connectivity index (χ1) is 9.77. The maximum Gasteiger partial charge on any atom is 0.263 e. The normalized spacial score (nSPS) is 10.7. The number of benzene rings is 1. The van der Waals surface area contributed by atoms with Gasteiger partial charge in [0.05, 0.1) is 0 Å². The summed E-state index contributed by atoms with van der Waals surface area (Å²) >= 11 is 0. The highest BCUT2D eigenvalue weighted by atomic mass is 16.5. The molecule has 20 heavy (non-hydrogen) atoms. The molecule has 0 spiro atoms. The molecule has 1 aromatic rings. The molecule has 0 atom stereocenters. The molecule has 0 saturated carbocycles. The summed E-state index contributed by atoms with van der Waals surface area (Å²) in [6.45, 7) is 1.70. The fourth-order valence-electron chi connectivity index (χ4n) is 1.51. The van der Waals surface area contributed by atoms with Crippen molar-refractivity contribution in [3.8, 4) is 6.07 Å². The third-order valence-corrected chi connectivity index (χ3v) is 2.58. The Kier molecular flexibility index (Phi) is 7.55. The summed E-state index contributed by atoms with van der Waals surface area (Å²) < 4.78 is 4.91. The summed E-state index contributed by atoms with van der Waals surface area (Å²) in [6, 6.07) is 11.4. The molecule has 0 aliphatic heterocycles. The SMILES string of the molecule is COCCCN/C=C(/C#N)C(=O)NCc1ccccc1. The Morgan fingerprint density at radius 1 is 1.40 bits per heavy atom. The fourth-order valence-corrected chi connectivity index (χ4v) is 1.51. The molecule has 106 valence electrons. The Hall–Kier alpha value is -2.32. The number of nitrogens with one attached hydrogen (secondary N) is 2. The predicted octanol–water partition coefficient (Wildman–Crippen LogP) is 1.34. The van der Waals surface area contributed by atoms with Crippen molar-refractivity contribution < 1.29 is 9.53 Å². The van der Waals surface area contributed by atoms with Gasteiger partial charge in [0.25, 0.3) is 5.91 Å². The van der Waals surface area contributed by atoms with Crippen molar-refractivity contribution in [1.82, 2.24) is 10.6 Å². The molecule has 1 amide bonds. The molecule has 5 nitrogen and oxygen atoms in total. The van der Waals surface area contributed by atoms with Crippen molar-refractivity contribution in [2.75, 3.05) is 20.3 Å². The van der Waals surface area contributed by atoms with Gasteiger partial charge in [-0.25, -0.2) is 0 Å². The van der Waals surface area contributed by atoms with Crippen LogP contribution in [0.1, 0.15) is 12.0 Å². The molecule has 0 radical (unpaired) electrons. The first-order valence-corrected chi connectivity index (χ1v) is 6.42. The van der Waals surface area contributed by atoms with E-state index < -0.39 is 0 Å². The summed E-state index contributed by atoms with van der Waals surface area (Å²) in [4.78, 5) is 11.8. The van der Waals surface area contributed by atoms with E-state index in [0.717, 1.165) is 12.0 Å². The Morgan fingerprint density at radius 2 is 2.15 bits per heavy atom. The molecule has 0 bridgehead atoms. The van der Waals surface area contributed by atoms with E-state index in [0.29, 0.717) is 19.7 Å². The van der Waals surface area contributed by atoms with Gasteiger partial charge in [0.2, 0.25) is 0 Å². The standard InChI is InChI=1S/C15H19N3O2/c1-20-9-5-8-17-12-14(10-16)15(19)18-11-13-6-3-2-4-7-13/h2-4,6-7,12,17H,5,8-9,11H2,1H3,(H,18,19)/b14-12-. The van der Waals surface area contributed by atoms with Gasteiger partial charge in [-0.3, -0.25) is 4.79 Å². The van der Waals surface area contributed by atoms with Crippen LogP contribution in [0.4, 0.5) is 0 Å². The summed E-state index contributed by atoms with van der Waals surface area (Å²) in [5.74, 6) is -0.379. The van der Waals surface area contributed by atoms with Gasteiger partial charge in [-0.1, -0.05) is 30.3 Å². The predicted molar refractivity (Wildman–Crippen MR) is 76.5 cm³/mol. The lowest BCUT2D eigenvalue weighted by atomic mass is 10.2. The maximum absolute atomic E-state index is 11.8. The molecule has 2 N–H and O–H groups in total. The van der Waals surface area contributed by atoms with E-state index in [1.165, 1.54) is 6.20 Å². The van der Waals surface area contributed by atoms with Crippen LogP contribution in [-0.2, 0) is 16.1 Å². The highest BCUT2D eigenvalue weighted by Gasteiger charge is 2.07. The zero-order valence-electron chi connectivity index (χ0n) is 11.6. The van der Waals surface area contributed by atoms with Crippen LogP contribution < -0.4 is 10.6 Å². The first kappa shape index (κ1) is 15.7. The van der Waals surface area contributed by atoms with Crippen molar-refractivity contribution in [1.29, 1.82) is 5.26 Å². The molecule has 1 aromatic carbocycles. The minimum Gasteiger partial charge on any atom is -0.390 e. The van der Waals surface area contributed by atoms with Gasteiger partial charge >= 0.3 is 0 Å². The lowest BCUT2D eigenvalue weighted by Gasteiger charge is -2.05. The van der Waals surface area contributed by atoms with E-state index in [9.17, 15) is 4.79 Å². The molecular weight excluding hydrogens is 254 g/mol. The number of carbonyl (C=O) groups excluding carboxylic acids is 1. The summed E-state index contributed by atoms with van der Waals surface area (Å²) in [5, 5.41) is 14.6. The average molecular weight is 273 g/mol. The van der Waals surface area contributed by atoms with Crippen LogP contribution in [0.3, 0.4) is 0 Å². The van der Waals surface area contributed by atoms with Gasteiger partial charge in [-0.2, -0.15) is 5.26 Å². The number of nitriles is 1. The molecule has 0 saturated heterocycles. The van der Waals surface area contributed by atoms with Crippen molar-refractivity contribution >= 4 is 5.91 Å². The topological polar surface area (TPSA) is 74.1 Å². The molecular formula is C15H19N3O2. The van der Waals surface area contributed by atoms with Crippen LogP contribution in [0.15, 0.2) is 42.1 Å². The third-order valence-electron chi connectivity index (χ3n) is 2.58. The number of methoxy groups -OCH3 is 1. The molecule has 0 aliphatic rings. The molecule has 1 rings (SSSR count). The zero-order chi connectivity index (χ0) is 14.6. The van der Waals surface area contributed by atoms with Gasteiger partial charge in [-0.05, 0) is 12.0 Å². The Balaban J connectivity index is 2.39. The number of nitrogens with zero attached hydrogens (tertiary/aromatic N) is 1. The van der Waals surface area contributed by atoms with Gasteiger partial charge in [0.15, 0.2) is 0 Å². The minimum absolute atomic E-state index is 0.0679. The average Bonchev–Trinajstić information content (AvgIpc) is 2.49. The zero-order valence-corrected chi connectivity index (χ0v) is 11.6. The maximum atomic E-state index is 11.8. The van der Waals surface area contributed by atoms with Crippen LogP contribution in [0, 0.1) is 11.3 Å². The summed E-state index contributed by atoms with van der Waals surface area (Å²) in [7, 11) is 1.63. The second-order valence-electron chi connectivity index (χ2n) is 4.14. The number of ether oxygens (including phenoxy) is 1. The van der Waals surface area contributed by atoms with E-state index in [1.54, 1.807) is 7.11 Å². The highest BCUT2D eigenvalue weighted by molar-refractivity contribution is 5.97. The van der Waals surface area contributed by atoms with E-state index in [4.69, 9.17) is 10.00 Å². The molecule has 0 fully saturated rings. The van der Waals surface area contributed by atoms with E-state index >= 15 is 0 Å². The van der Waals surface area contributed by atoms with Crippen LogP contribution >= 0.6 is 0 Å². The smallest absolute Gasteiger partial charge is 0.263 e.